The largest absolute Gasteiger partial charge is 0.589 e. The first kappa shape index (κ1) is 41.2. The molecule has 0 unspecified atom stereocenters. The standard InChI is InChI=1S/C63H43O4P/c64-68(67-63(52-26-10-3-11-27-52,53-28-12-4-13-29-53)54-30-14-5-15-31-54)65-61-57(48-38-34-46(35-39-48)44-20-6-1-7-21-44)42-50-24-16-18-32-55(50)59(61)60-56-33-19-17-25-51(56)43-58(62(60)66-68)49-40-36-47(37-41-49)45-22-8-2-9-23-45/h1-43H. The minimum Gasteiger partial charge on any atom is -0.394 e. The van der Waals surface area contributed by atoms with E-state index in [0.717, 1.165) is 93.9 Å². The molecule has 11 aromatic rings. The molecule has 1 aliphatic rings. The zero-order chi connectivity index (χ0) is 45.5. The second kappa shape index (κ2) is 17.2. The molecular weight excluding hydrogens is 852 g/mol. The molecule has 1 heterocycles. The van der Waals surface area contributed by atoms with Crippen LogP contribution >= 0.6 is 7.82 Å². The molecule has 0 spiro atoms. The van der Waals surface area contributed by atoms with Crippen molar-refractivity contribution in [3.8, 4) is 67.1 Å². The Balaban J connectivity index is 1.17. The molecule has 0 saturated carbocycles. The first-order valence-corrected chi connectivity index (χ1v) is 24.3. The SMILES string of the molecule is O=P1(OC(c2ccccc2)(c2ccccc2)c2ccccc2)Oc2c(-c3ccc(-c4ccccc4)cc3)cc3ccccc3c2-c2c(c(-c3ccc(-c4ccccc4)cc3)cc3ccccc23)O1. The molecule has 0 amide bonds. The van der Waals surface area contributed by atoms with Crippen molar-refractivity contribution in [1.82, 2.24) is 0 Å². The van der Waals surface area contributed by atoms with Crippen LogP contribution in [0.2, 0.25) is 0 Å². The Morgan fingerprint density at radius 1 is 0.324 bits per heavy atom. The lowest BCUT2D eigenvalue weighted by molar-refractivity contribution is 0.107. The van der Waals surface area contributed by atoms with Crippen LogP contribution in [-0.2, 0) is 14.7 Å². The maximum atomic E-state index is 17.0. The fourth-order valence-electron chi connectivity index (χ4n) is 9.84. The summed E-state index contributed by atoms with van der Waals surface area (Å²) in [6.45, 7) is 0. The van der Waals surface area contributed by atoms with Crippen LogP contribution in [0.3, 0.4) is 0 Å². The van der Waals surface area contributed by atoms with E-state index in [1.807, 2.05) is 140 Å². The second-order valence-corrected chi connectivity index (χ2v) is 18.5. The molecule has 0 fully saturated rings. The Labute approximate surface area is 396 Å². The molecule has 0 atom stereocenters. The predicted molar refractivity (Wildman–Crippen MR) is 278 cm³/mol. The highest BCUT2D eigenvalue weighted by molar-refractivity contribution is 7.49. The lowest BCUT2D eigenvalue weighted by Gasteiger charge is -2.37. The van der Waals surface area contributed by atoms with Crippen LogP contribution in [0.1, 0.15) is 16.7 Å². The van der Waals surface area contributed by atoms with Gasteiger partial charge in [-0.3, -0.25) is 0 Å². The van der Waals surface area contributed by atoms with Crippen LogP contribution in [0, 0.1) is 0 Å². The van der Waals surface area contributed by atoms with Gasteiger partial charge in [0.1, 0.15) is 11.5 Å². The van der Waals surface area contributed by atoms with Gasteiger partial charge in [-0.2, -0.15) is 0 Å². The summed E-state index contributed by atoms with van der Waals surface area (Å²) in [6.07, 6.45) is 0. The molecule has 12 rings (SSSR count). The average molecular weight is 895 g/mol. The first-order valence-electron chi connectivity index (χ1n) is 22.8. The molecule has 0 N–H and O–H groups in total. The van der Waals surface area contributed by atoms with Crippen molar-refractivity contribution in [2.45, 2.75) is 5.60 Å². The van der Waals surface area contributed by atoms with Crippen molar-refractivity contribution in [2.24, 2.45) is 0 Å². The molecule has 0 aliphatic carbocycles. The molecule has 4 nitrogen and oxygen atoms in total. The number of rotatable bonds is 9. The molecule has 0 bridgehead atoms. The highest BCUT2D eigenvalue weighted by atomic mass is 31.2. The number of benzene rings is 11. The molecule has 68 heavy (non-hydrogen) atoms. The minimum atomic E-state index is -4.80. The summed E-state index contributed by atoms with van der Waals surface area (Å²) in [4.78, 5) is 0. The van der Waals surface area contributed by atoms with Crippen LogP contribution in [0.4, 0.5) is 0 Å². The van der Waals surface area contributed by atoms with Crippen molar-refractivity contribution >= 4 is 29.4 Å². The monoisotopic (exact) mass is 894 g/mol. The van der Waals surface area contributed by atoms with Crippen molar-refractivity contribution in [3.63, 3.8) is 0 Å². The van der Waals surface area contributed by atoms with Crippen molar-refractivity contribution in [3.05, 3.63) is 278 Å². The third kappa shape index (κ3) is 7.28. The molecule has 0 radical (unpaired) electrons. The lowest BCUT2D eigenvalue weighted by Crippen LogP contribution is -2.33. The normalized spacial score (nSPS) is 12.9. The first-order chi connectivity index (χ1) is 33.5. The van der Waals surface area contributed by atoms with Crippen LogP contribution in [0.25, 0.3) is 77.2 Å². The van der Waals surface area contributed by atoms with E-state index in [1.165, 1.54) is 0 Å². The van der Waals surface area contributed by atoms with E-state index in [1.54, 1.807) is 0 Å². The number of phosphoric ester groups is 1. The van der Waals surface area contributed by atoms with Gasteiger partial charge in [0.2, 0.25) is 0 Å². The number of fused-ring (bicyclic) bond motifs is 7. The van der Waals surface area contributed by atoms with E-state index in [2.05, 4.69) is 121 Å². The molecular formula is C63H43O4P. The van der Waals surface area contributed by atoms with E-state index in [4.69, 9.17) is 13.6 Å². The van der Waals surface area contributed by atoms with Crippen LogP contribution in [0.15, 0.2) is 261 Å². The fourth-order valence-corrected chi connectivity index (χ4v) is 11.4. The summed E-state index contributed by atoms with van der Waals surface area (Å²) in [5.41, 5.74) is 10.0. The van der Waals surface area contributed by atoms with Gasteiger partial charge in [0, 0.05) is 22.3 Å². The van der Waals surface area contributed by atoms with E-state index in [9.17, 15) is 0 Å². The third-order valence-corrected chi connectivity index (χ3v) is 14.4. The van der Waals surface area contributed by atoms with Gasteiger partial charge < -0.3 is 9.05 Å². The highest BCUT2D eigenvalue weighted by Gasteiger charge is 2.50. The van der Waals surface area contributed by atoms with E-state index in [0.29, 0.717) is 11.5 Å². The molecule has 0 saturated heterocycles. The van der Waals surface area contributed by atoms with E-state index >= 15 is 4.57 Å². The summed E-state index contributed by atoms with van der Waals surface area (Å²) in [7, 11) is -4.80. The van der Waals surface area contributed by atoms with Gasteiger partial charge in [-0.1, -0.05) is 249 Å². The van der Waals surface area contributed by atoms with Crippen LogP contribution in [-0.4, -0.2) is 0 Å². The van der Waals surface area contributed by atoms with Crippen LogP contribution in [0.5, 0.6) is 11.5 Å². The quantitative estimate of drug-likeness (QED) is 0.107. The van der Waals surface area contributed by atoms with Gasteiger partial charge in [-0.25, -0.2) is 9.09 Å². The maximum absolute atomic E-state index is 17.0. The lowest BCUT2D eigenvalue weighted by atomic mass is 9.80. The Bertz CT molecular complexity index is 3360. The second-order valence-electron chi connectivity index (χ2n) is 17.1. The van der Waals surface area contributed by atoms with Crippen molar-refractivity contribution in [2.75, 3.05) is 0 Å². The zero-order valence-electron chi connectivity index (χ0n) is 36.9. The fraction of sp³-hybridized carbons (Fsp3) is 0.0159. The average Bonchev–Trinajstić information content (AvgIpc) is 3.55. The summed E-state index contributed by atoms with van der Waals surface area (Å²) in [5.74, 6) is 0.811. The molecule has 324 valence electrons. The Morgan fingerprint density at radius 3 is 0.985 bits per heavy atom. The molecule has 1 aliphatic heterocycles. The molecule has 5 heteroatoms. The van der Waals surface area contributed by atoms with Gasteiger partial charge in [0.05, 0.1) is 0 Å². The summed E-state index contributed by atoms with van der Waals surface area (Å²) in [5, 5.41) is 3.84. The summed E-state index contributed by atoms with van der Waals surface area (Å²) >= 11 is 0. The Kier molecular flexibility index (Phi) is 10.4. The zero-order valence-corrected chi connectivity index (χ0v) is 37.8. The van der Waals surface area contributed by atoms with Crippen molar-refractivity contribution in [1.29, 1.82) is 0 Å². The summed E-state index contributed by atoms with van der Waals surface area (Å²) < 4.78 is 39.0. The van der Waals surface area contributed by atoms with Gasteiger partial charge in [-0.05, 0) is 83.7 Å². The summed E-state index contributed by atoms with van der Waals surface area (Å²) in [6, 6.07) is 88.3. The maximum Gasteiger partial charge on any atom is 0.589 e. The minimum absolute atomic E-state index is 0.406. The molecule has 11 aromatic carbocycles. The Hall–Kier alpha value is -8.27. The number of hydrogen-bond donors (Lipinski definition) is 0. The topological polar surface area (TPSA) is 44.8 Å². The van der Waals surface area contributed by atoms with E-state index in [-0.39, 0.29) is 0 Å². The smallest absolute Gasteiger partial charge is 0.394 e. The van der Waals surface area contributed by atoms with Gasteiger partial charge in [0.25, 0.3) is 0 Å². The van der Waals surface area contributed by atoms with Crippen molar-refractivity contribution < 1.29 is 18.1 Å². The van der Waals surface area contributed by atoms with Crippen LogP contribution < -0.4 is 9.05 Å². The number of phosphoric acid groups is 1. The van der Waals surface area contributed by atoms with Gasteiger partial charge in [-0.15, -0.1) is 0 Å². The van der Waals surface area contributed by atoms with Gasteiger partial charge >= 0.3 is 7.82 Å². The van der Waals surface area contributed by atoms with Gasteiger partial charge in [0.15, 0.2) is 5.60 Å². The Morgan fingerprint density at radius 2 is 0.618 bits per heavy atom. The molecule has 0 aromatic heterocycles. The predicted octanol–water partition coefficient (Wildman–Crippen LogP) is 17.2. The third-order valence-electron chi connectivity index (χ3n) is 13.1. The highest BCUT2D eigenvalue weighted by Crippen LogP contribution is 2.66. The van der Waals surface area contributed by atoms with E-state index < -0.39 is 13.4 Å². The number of hydrogen-bond acceptors (Lipinski definition) is 4.